The minimum atomic E-state index is -0.646. The standard InChI is InChI=1S/C25H27N3O2S/c1-27(2)24(30)25(16-19-8-3-4-10-21(19)22-11-6-15-31-22)12-7-14-28(18-25)23(29)20-9-5-13-26-17-20/h3-6,8-11,13,15,17H,7,12,14,16,18H2,1-2H3/t25-/m1/s1. The Labute approximate surface area is 187 Å². The van der Waals surface area contributed by atoms with E-state index in [1.54, 1.807) is 54.9 Å². The fraction of sp³-hybridized carbons (Fsp3) is 0.320. The van der Waals surface area contributed by atoms with E-state index >= 15 is 0 Å². The predicted molar refractivity (Wildman–Crippen MR) is 124 cm³/mol. The molecule has 0 radical (unpaired) electrons. The summed E-state index contributed by atoms with van der Waals surface area (Å²) >= 11 is 1.70. The number of rotatable bonds is 5. The highest BCUT2D eigenvalue weighted by Crippen LogP contribution is 2.39. The van der Waals surface area contributed by atoms with E-state index in [9.17, 15) is 9.59 Å². The highest BCUT2D eigenvalue weighted by Gasteiger charge is 2.44. The first kappa shape index (κ1) is 21.2. The van der Waals surface area contributed by atoms with Crippen molar-refractivity contribution in [1.29, 1.82) is 0 Å². The van der Waals surface area contributed by atoms with Gasteiger partial charge in [-0.2, -0.15) is 0 Å². The lowest BCUT2D eigenvalue weighted by atomic mass is 9.73. The molecule has 1 atom stereocenters. The third-order valence-corrected chi connectivity index (χ3v) is 6.87. The van der Waals surface area contributed by atoms with Gasteiger partial charge < -0.3 is 9.80 Å². The molecule has 1 aliphatic heterocycles. The molecule has 2 aromatic heterocycles. The fourth-order valence-electron chi connectivity index (χ4n) is 4.56. The Hall–Kier alpha value is -2.99. The van der Waals surface area contributed by atoms with Gasteiger partial charge in [-0.3, -0.25) is 14.6 Å². The average Bonchev–Trinajstić information content (AvgIpc) is 3.34. The summed E-state index contributed by atoms with van der Waals surface area (Å²) in [5.41, 5.74) is 2.23. The second kappa shape index (κ2) is 9.02. The van der Waals surface area contributed by atoms with Gasteiger partial charge in [-0.1, -0.05) is 30.3 Å². The summed E-state index contributed by atoms with van der Waals surface area (Å²) in [6.45, 7) is 1.07. The quantitative estimate of drug-likeness (QED) is 0.601. The Morgan fingerprint density at radius 3 is 2.68 bits per heavy atom. The smallest absolute Gasteiger partial charge is 0.255 e. The molecule has 0 saturated carbocycles. The maximum absolute atomic E-state index is 13.5. The van der Waals surface area contributed by atoms with Gasteiger partial charge in [-0.05, 0) is 54.0 Å². The van der Waals surface area contributed by atoms with Crippen LogP contribution in [0.1, 0.15) is 28.8 Å². The van der Waals surface area contributed by atoms with Crippen LogP contribution in [-0.4, -0.2) is 53.8 Å². The number of hydrogen-bond acceptors (Lipinski definition) is 4. The van der Waals surface area contributed by atoms with Crippen molar-refractivity contribution in [3.8, 4) is 10.4 Å². The summed E-state index contributed by atoms with van der Waals surface area (Å²) in [5, 5.41) is 2.07. The van der Waals surface area contributed by atoms with Crippen LogP contribution in [0.5, 0.6) is 0 Å². The Kier molecular flexibility index (Phi) is 6.18. The largest absolute Gasteiger partial charge is 0.348 e. The van der Waals surface area contributed by atoms with E-state index in [-0.39, 0.29) is 11.8 Å². The molecule has 4 rings (SSSR count). The first-order chi connectivity index (χ1) is 15.0. The van der Waals surface area contributed by atoms with Crippen LogP contribution in [0.3, 0.4) is 0 Å². The molecule has 0 spiro atoms. The molecule has 0 unspecified atom stereocenters. The lowest BCUT2D eigenvalue weighted by molar-refractivity contribution is -0.142. The van der Waals surface area contributed by atoms with Crippen molar-refractivity contribution in [2.45, 2.75) is 19.3 Å². The van der Waals surface area contributed by atoms with Crippen LogP contribution in [0.2, 0.25) is 0 Å². The number of benzene rings is 1. The summed E-state index contributed by atoms with van der Waals surface area (Å²) in [4.78, 5) is 35.4. The van der Waals surface area contributed by atoms with E-state index in [1.807, 2.05) is 23.1 Å². The molecule has 3 heterocycles. The number of hydrogen-bond donors (Lipinski definition) is 0. The lowest BCUT2D eigenvalue weighted by Gasteiger charge is -2.43. The molecule has 5 nitrogen and oxygen atoms in total. The van der Waals surface area contributed by atoms with Crippen molar-refractivity contribution in [3.05, 3.63) is 77.4 Å². The van der Waals surface area contributed by atoms with E-state index in [2.05, 4.69) is 28.6 Å². The van der Waals surface area contributed by atoms with Crippen molar-refractivity contribution in [3.63, 3.8) is 0 Å². The molecule has 1 fully saturated rings. The molecule has 1 aliphatic rings. The van der Waals surface area contributed by atoms with E-state index < -0.39 is 5.41 Å². The molecule has 6 heteroatoms. The van der Waals surface area contributed by atoms with Gasteiger partial charge >= 0.3 is 0 Å². The van der Waals surface area contributed by atoms with E-state index in [0.717, 1.165) is 18.4 Å². The Morgan fingerprint density at radius 1 is 1.13 bits per heavy atom. The number of amides is 2. The van der Waals surface area contributed by atoms with Gasteiger partial charge in [-0.15, -0.1) is 11.3 Å². The highest BCUT2D eigenvalue weighted by atomic mass is 32.1. The van der Waals surface area contributed by atoms with Gasteiger partial charge in [0.1, 0.15) is 0 Å². The molecule has 2 amide bonds. The second-order valence-electron chi connectivity index (χ2n) is 8.36. The van der Waals surface area contributed by atoms with Gasteiger partial charge in [0, 0.05) is 44.5 Å². The third kappa shape index (κ3) is 4.39. The maximum Gasteiger partial charge on any atom is 0.255 e. The number of likely N-dealkylation sites (tertiary alicyclic amines) is 1. The monoisotopic (exact) mass is 433 g/mol. The Balaban J connectivity index is 1.69. The number of aromatic nitrogens is 1. The van der Waals surface area contributed by atoms with Crippen LogP contribution >= 0.6 is 11.3 Å². The van der Waals surface area contributed by atoms with Gasteiger partial charge in [0.05, 0.1) is 11.0 Å². The molecule has 31 heavy (non-hydrogen) atoms. The van der Waals surface area contributed by atoms with Crippen molar-refractivity contribution in [1.82, 2.24) is 14.8 Å². The van der Waals surface area contributed by atoms with Crippen LogP contribution in [0, 0.1) is 5.41 Å². The number of piperidine rings is 1. The molecular weight excluding hydrogens is 406 g/mol. The molecule has 0 aliphatic carbocycles. The number of carbonyl (C=O) groups is 2. The van der Waals surface area contributed by atoms with Gasteiger partial charge in [-0.25, -0.2) is 0 Å². The minimum Gasteiger partial charge on any atom is -0.348 e. The number of nitrogens with zero attached hydrogens (tertiary/aromatic N) is 3. The van der Waals surface area contributed by atoms with Crippen molar-refractivity contribution in [2.24, 2.45) is 5.41 Å². The molecule has 1 saturated heterocycles. The number of carbonyl (C=O) groups excluding carboxylic acids is 2. The van der Waals surface area contributed by atoms with Crippen molar-refractivity contribution < 1.29 is 9.59 Å². The number of thiophene rings is 1. The van der Waals surface area contributed by atoms with E-state index in [0.29, 0.717) is 25.1 Å². The van der Waals surface area contributed by atoms with Crippen molar-refractivity contribution in [2.75, 3.05) is 27.2 Å². The topological polar surface area (TPSA) is 53.5 Å². The lowest BCUT2D eigenvalue weighted by Crippen LogP contribution is -2.54. The first-order valence-electron chi connectivity index (χ1n) is 10.5. The molecule has 0 N–H and O–H groups in total. The zero-order valence-corrected chi connectivity index (χ0v) is 18.8. The van der Waals surface area contributed by atoms with Crippen LogP contribution in [-0.2, 0) is 11.2 Å². The molecule has 160 valence electrons. The zero-order valence-electron chi connectivity index (χ0n) is 18.0. The van der Waals surface area contributed by atoms with Crippen LogP contribution < -0.4 is 0 Å². The van der Waals surface area contributed by atoms with Crippen LogP contribution in [0.25, 0.3) is 10.4 Å². The maximum atomic E-state index is 13.5. The number of pyridine rings is 1. The second-order valence-corrected chi connectivity index (χ2v) is 9.31. The Morgan fingerprint density at radius 2 is 1.97 bits per heavy atom. The summed E-state index contributed by atoms with van der Waals surface area (Å²) in [6, 6.07) is 16.0. The minimum absolute atomic E-state index is 0.0599. The third-order valence-electron chi connectivity index (χ3n) is 5.97. The average molecular weight is 434 g/mol. The van der Waals surface area contributed by atoms with Crippen molar-refractivity contribution >= 4 is 23.2 Å². The van der Waals surface area contributed by atoms with Gasteiger partial charge in [0.25, 0.3) is 5.91 Å². The van der Waals surface area contributed by atoms with E-state index in [4.69, 9.17) is 0 Å². The molecule has 3 aromatic rings. The summed E-state index contributed by atoms with van der Waals surface area (Å²) < 4.78 is 0. The first-order valence-corrected chi connectivity index (χ1v) is 11.4. The Bertz CT molecular complexity index is 1050. The van der Waals surface area contributed by atoms with Gasteiger partial charge in [0.2, 0.25) is 5.91 Å². The summed E-state index contributed by atoms with van der Waals surface area (Å²) in [6.07, 6.45) is 5.42. The molecule has 0 bridgehead atoms. The van der Waals surface area contributed by atoms with Gasteiger partial charge in [0.15, 0.2) is 0 Å². The molecule has 1 aromatic carbocycles. The molecular formula is C25H27N3O2S. The zero-order chi connectivity index (χ0) is 21.8. The van der Waals surface area contributed by atoms with Crippen LogP contribution in [0.15, 0.2) is 66.3 Å². The van der Waals surface area contributed by atoms with Crippen LogP contribution in [0.4, 0.5) is 0 Å². The SMILES string of the molecule is CN(C)C(=O)[C@@]1(Cc2ccccc2-c2cccs2)CCCN(C(=O)c2cccnc2)C1. The normalized spacial score (nSPS) is 18.6. The predicted octanol–water partition coefficient (Wildman–Crippen LogP) is 4.36. The fourth-order valence-corrected chi connectivity index (χ4v) is 5.34. The highest BCUT2D eigenvalue weighted by molar-refractivity contribution is 7.13. The summed E-state index contributed by atoms with van der Waals surface area (Å²) in [7, 11) is 3.61. The van der Waals surface area contributed by atoms with E-state index in [1.165, 1.54) is 10.4 Å². The summed E-state index contributed by atoms with van der Waals surface area (Å²) in [5.74, 6) is 0.0208.